The molecule has 4 nitrogen and oxygen atoms in total. The zero-order chi connectivity index (χ0) is 13.6. The van der Waals surface area contributed by atoms with Gasteiger partial charge in [-0.1, -0.05) is 11.6 Å². The molecule has 1 saturated heterocycles. The van der Waals surface area contributed by atoms with Crippen molar-refractivity contribution >= 4 is 44.1 Å². The third-order valence-corrected chi connectivity index (χ3v) is 5.71. The summed E-state index contributed by atoms with van der Waals surface area (Å²) in [5.41, 5.74) is 1.64. The molecule has 7 heteroatoms. The molecule has 0 saturated carbocycles. The van der Waals surface area contributed by atoms with Gasteiger partial charge in [0.25, 0.3) is 0 Å². The van der Waals surface area contributed by atoms with E-state index in [1.54, 1.807) is 12.1 Å². The van der Waals surface area contributed by atoms with Gasteiger partial charge >= 0.3 is 0 Å². The number of hydrogen-bond acceptors (Lipinski definition) is 3. The Bertz CT molecular complexity index is 726. The van der Waals surface area contributed by atoms with E-state index in [4.69, 9.17) is 23.2 Å². The maximum Gasteiger partial charge on any atom is 0.204 e. The van der Waals surface area contributed by atoms with Gasteiger partial charge in [0.05, 0.1) is 22.5 Å². The van der Waals surface area contributed by atoms with E-state index in [9.17, 15) is 8.42 Å². The molecule has 0 N–H and O–H groups in total. The van der Waals surface area contributed by atoms with Gasteiger partial charge in [-0.05, 0) is 42.6 Å². The lowest BCUT2D eigenvalue weighted by atomic mass is 10.1. The van der Waals surface area contributed by atoms with Crippen LogP contribution in [-0.4, -0.2) is 29.5 Å². The zero-order valence-corrected chi connectivity index (χ0v) is 12.3. The van der Waals surface area contributed by atoms with Crippen LogP contribution in [0, 0.1) is 0 Å². The van der Waals surface area contributed by atoms with Crippen LogP contribution in [0.25, 0.3) is 11.0 Å². The molecular formula is C12H12Cl2N2O2S. The highest BCUT2D eigenvalue weighted by Crippen LogP contribution is 2.32. The molecule has 0 bridgehead atoms. The van der Waals surface area contributed by atoms with Gasteiger partial charge < -0.3 is 4.57 Å². The normalized spacial score (nSPS) is 19.9. The van der Waals surface area contributed by atoms with Crippen molar-refractivity contribution in [3.63, 3.8) is 0 Å². The van der Waals surface area contributed by atoms with Crippen LogP contribution in [0.15, 0.2) is 18.2 Å². The van der Waals surface area contributed by atoms with Crippen LogP contribution in [0.4, 0.5) is 0 Å². The molecule has 3 rings (SSSR count). The molecule has 0 aliphatic carbocycles. The minimum Gasteiger partial charge on any atom is -0.311 e. The Morgan fingerprint density at radius 1 is 1.21 bits per heavy atom. The molecule has 102 valence electrons. The van der Waals surface area contributed by atoms with E-state index in [2.05, 4.69) is 4.98 Å². The highest BCUT2D eigenvalue weighted by atomic mass is 35.5. The highest BCUT2D eigenvalue weighted by Gasteiger charge is 2.27. The number of benzene rings is 1. The standard InChI is InChI=1S/C12H12Cl2N2O2S/c13-8-1-2-11-10(7-8)15-12(14)16(11)9-3-5-19(17,18)6-4-9/h1-2,7,9H,3-6H2. The number of aromatic nitrogens is 2. The summed E-state index contributed by atoms with van der Waals surface area (Å²) in [6, 6.07) is 5.51. The Labute approximate surface area is 121 Å². The van der Waals surface area contributed by atoms with E-state index in [1.807, 2.05) is 10.6 Å². The number of nitrogens with zero attached hydrogens (tertiary/aromatic N) is 2. The average molecular weight is 319 g/mol. The molecule has 0 spiro atoms. The van der Waals surface area contributed by atoms with Crippen molar-refractivity contribution in [3.05, 3.63) is 28.5 Å². The molecule has 2 aromatic rings. The molecule has 1 fully saturated rings. The van der Waals surface area contributed by atoms with Gasteiger partial charge in [0.15, 0.2) is 0 Å². The fraction of sp³-hybridized carbons (Fsp3) is 0.417. The van der Waals surface area contributed by atoms with E-state index in [0.29, 0.717) is 23.1 Å². The van der Waals surface area contributed by atoms with Gasteiger partial charge in [0.2, 0.25) is 5.28 Å². The summed E-state index contributed by atoms with van der Waals surface area (Å²) in [6.45, 7) is 0. The second kappa shape index (κ2) is 4.65. The first-order valence-electron chi connectivity index (χ1n) is 6.00. The topological polar surface area (TPSA) is 52.0 Å². The largest absolute Gasteiger partial charge is 0.311 e. The Balaban J connectivity index is 2.03. The first-order valence-corrected chi connectivity index (χ1v) is 8.57. The van der Waals surface area contributed by atoms with Gasteiger partial charge in [0, 0.05) is 11.1 Å². The maximum absolute atomic E-state index is 11.5. The summed E-state index contributed by atoms with van der Waals surface area (Å²) in [5, 5.41) is 1.00. The molecule has 19 heavy (non-hydrogen) atoms. The number of fused-ring (bicyclic) bond motifs is 1. The molecule has 0 amide bonds. The third-order valence-electron chi connectivity index (χ3n) is 3.50. The van der Waals surface area contributed by atoms with E-state index in [1.165, 1.54) is 0 Å². The van der Waals surface area contributed by atoms with Crippen molar-refractivity contribution in [1.29, 1.82) is 0 Å². The Morgan fingerprint density at radius 3 is 2.58 bits per heavy atom. The summed E-state index contributed by atoms with van der Waals surface area (Å²) in [4.78, 5) is 4.28. The molecule has 0 atom stereocenters. The molecule has 0 unspecified atom stereocenters. The van der Waals surface area contributed by atoms with Crippen molar-refractivity contribution in [2.75, 3.05) is 11.5 Å². The van der Waals surface area contributed by atoms with Gasteiger partial charge in [0.1, 0.15) is 9.84 Å². The van der Waals surface area contributed by atoms with Crippen LogP contribution in [0.3, 0.4) is 0 Å². The Kier molecular flexibility index (Phi) is 3.23. The lowest BCUT2D eigenvalue weighted by Gasteiger charge is -2.24. The van der Waals surface area contributed by atoms with E-state index in [0.717, 1.165) is 11.0 Å². The first kappa shape index (κ1) is 13.2. The van der Waals surface area contributed by atoms with Gasteiger partial charge in [-0.3, -0.25) is 0 Å². The summed E-state index contributed by atoms with van der Waals surface area (Å²) in [6.07, 6.45) is 1.16. The summed E-state index contributed by atoms with van der Waals surface area (Å²) < 4.78 is 24.9. The van der Waals surface area contributed by atoms with Gasteiger partial charge in [-0.25, -0.2) is 13.4 Å². The minimum absolute atomic E-state index is 0.0854. The molecule has 2 heterocycles. The third kappa shape index (κ3) is 2.47. The van der Waals surface area contributed by atoms with Gasteiger partial charge in [-0.15, -0.1) is 0 Å². The van der Waals surface area contributed by atoms with Crippen LogP contribution < -0.4 is 0 Å². The van der Waals surface area contributed by atoms with Crippen LogP contribution in [0.2, 0.25) is 10.3 Å². The number of imidazole rings is 1. The van der Waals surface area contributed by atoms with Crippen LogP contribution in [-0.2, 0) is 9.84 Å². The predicted octanol–water partition coefficient (Wildman–Crippen LogP) is 3.09. The fourth-order valence-electron chi connectivity index (χ4n) is 2.53. The smallest absolute Gasteiger partial charge is 0.204 e. The van der Waals surface area contributed by atoms with E-state index >= 15 is 0 Å². The fourth-order valence-corrected chi connectivity index (χ4v) is 4.48. The summed E-state index contributed by atoms with van der Waals surface area (Å²) in [5.74, 6) is 0.419. The number of rotatable bonds is 1. The van der Waals surface area contributed by atoms with E-state index in [-0.39, 0.29) is 17.5 Å². The van der Waals surface area contributed by atoms with Crippen molar-refractivity contribution < 1.29 is 8.42 Å². The van der Waals surface area contributed by atoms with Crippen LogP contribution >= 0.6 is 23.2 Å². The Hall–Kier alpha value is -0.780. The zero-order valence-electron chi connectivity index (χ0n) is 10.0. The maximum atomic E-state index is 11.5. The molecule has 0 radical (unpaired) electrons. The SMILES string of the molecule is O=S1(=O)CCC(n2c(Cl)nc3cc(Cl)ccc32)CC1. The number of halogens is 2. The second-order valence-corrected chi connectivity index (χ2v) is 7.84. The Morgan fingerprint density at radius 2 is 1.89 bits per heavy atom. The lowest BCUT2D eigenvalue weighted by molar-refractivity contribution is 0.459. The lowest BCUT2D eigenvalue weighted by Crippen LogP contribution is -2.25. The molecule has 1 aromatic carbocycles. The summed E-state index contributed by atoms with van der Waals surface area (Å²) >= 11 is 12.1. The molecule has 1 aliphatic rings. The minimum atomic E-state index is -2.88. The van der Waals surface area contributed by atoms with Crippen LogP contribution in [0.5, 0.6) is 0 Å². The van der Waals surface area contributed by atoms with Crippen LogP contribution in [0.1, 0.15) is 18.9 Å². The average Bonchev–Trinajstić information content (AvgIpc) is 2.65. The summed E-state index contributed by atoms with van der Waals surface area (Å²) in [7, 11) is -2.88. The van der Waals surface area contributed by atoms with E-state index < -0.39 is 9.84 Å². The van der Waals surface area contributed by atoms with Gasteiger partial charge in [-0.2, -0.15) is 0 Å². The number of hydrogen-bond donors (Lipinski definition) is 0. The van der Waals surface area contributed by atoms with Crippen molar-refractivity contribution in [1.82, 2.24) is 9.55 Å². The van der Waals surface area contributed by atoms with Crippen molar-refractivity contribution in [2.24, 2.45) is 0 Å². The second-order valence-electron chi connectivity index (χ2n) is 4.77. The predicted molar refractivity (Wildman–Crippen MR) is 76.7 cm³/mol. The molecule has 1 aromatic heterocycles. The monoisotopic (exact) mass is 318 g/mol. The molecular weight excluding hydrogens is 307 g/mol. The van der Waals surface area contributed by atoms with Crippen molar-refractivity contribution in [2.45, 2.75) is 18.9 Å². The highest BCUT2D eigenvalue weighted by molar-refractivity contribution is 7.91. The molecule has 1 aliphatic heterocycles. The van der Waals surface area contributed by atoms with Crippen molar-refractivity contribution in [3.8, 4) is 0 Å². The number of sulfone groups is 1. The first-order chi connectivity index (χ1) is 8.96. The quantitative estimate of drug-likeness (QED) is 0.811.